The lowest BCUT2D eigenvalue weighted by Gasteiger charge is -2.19. The Bertz CT molecular complexity index is 717. The molecule has 0 aliphatic heterocycles. The van der Waals surface area contributed by atoms with Crippen LogP contribution >= 0.6 is 11.3 Å². The smallest absolute Gasteiger partial charge is 0.269 e. The number of sulfonamides is 1. The van der Waals surface area contributed by atoms with Gasteiger partial charge >= 0.3 is 0 Å². The van der Waals surface area contributed by atoms with Gasteiger partial charge in [0.2, 0.25) is 5.13 Å². The molecule has 0 N–H and O–H groups in total. The lowest BCUT2D eigenvalue weighted by molar-refractivity contribution is 0.235. The van der Waals surface area contributed by atoms with Gasteiger partial charge in [0.05, 0.1) is 6.10 Å². The number of rotatable bonds is 5. The predicted molar refractivity (Wildman–Crippen MR) is 77.7 cm³/mol. The van der Waals surface area contributed by atoms with E-state index in [-0.39, 0.29) is 21.9 Å². The van der Waals surface area contributed by atoms with Crippen LogP contribution in [0.5, 0.6) is 5.75 Å². The van der Waals surface area contributed by atoms with E-state index in [0.717, 1.165) is 27.8 Å². The van der Waals surface area contributed by atoms with E-state index in [1.54, 1.807) is 13.8 Å². The van der Waals surface area contributed by atoms with Crippen LogP contribution in [0.25, 0.3) is 0 Å². The summed E-state index contributed by atoms with van der Waals surface area (Å²) in [7, 11) is -2.65. The standard InChI is InChI=1S/C12H14FN3O3S2/c1-8(2)19-10-5-4-9(13)6-11(10)21(17,18)16(3)12-15-14-7-20-12/h4-8H,1-3H3. The van der Waals surface area contributed by atoms with E-state index in [1.807, 2.05) is 0 Å². The fourth-order valence-corrected chi connectivity index (χ4v) is 3.61. The highest BCUT2D eigenvalue weighted by atomic mass is 32.2. The quantitative estimate of drug-likeness (QED) is 0.840. The Labute approximate surface area is 126 Å². The molecule has 6 nitrogen and oxygen atoms in total. The first-order valence-corrected chi connectivity index (χ1v) is 8.35. The molecule has 0 atom stereocenters. The molecule has 0 amide bonds. The maximum atomic E-state index is 13.5. The van der Waals surface area contributed by atoms with E-state index >= 15 is 0 Å². The van der Waals surface area contributed by atoms with E-state index in [4.69, 9.17) is 4.74 Å². The highest BCUT2D eigenvalue weighted by Crippen LogP contribution is 2.30. The van der Waals surface area contributed by atoms with Gasteiger partial charge in [-0.3, -0.25) is 0 Å². The van der Waals surface area contributed by atoms with Crippen molar-refractivity contribution in [2.45, 2.75) is 24.8 Å². The molecule has 0 bridgehead atoms. The monoisotopic (exact) mass is 331 g/mol. The van der Waals surface area contributed by atoms with Crippen molar-refractivity contribution in [2.24, 2.45) is 0 Å². The zero-order valence-corrected chi connectivity index (χ0v) is 13.3. The molecule has 2 aromatic rings. The van der Waals surface area contributed by atoms with Crippen molar-refractivity contribution in [1.29, 1.82) is 0 Å². The van der Waals surface area contributed by atoms with Crippen LogP contribution in [-0.2, 0) is 10.0 Å². The van der Waals surface area contributed by atoms with E-state index < -0.39 is 15.8 Å². The molecule has 0 saturated heterocycles. The van der Waals surface area contributed by atoms with Crippen molar-refractivity contribution < 1.29 is 17.5 Å². The number of halogens is 1. The molecule has 2 rings (SSSR count). The summed E-state index contributed by atoms with van der Waals surface area (Å²) in [6, 6.07) is 3.39. The number of hydrogen-bond acceptors (Lipinski definition) is 6. The lowest BCUT2D eigenvalue weighted by Crippen LogP contribution is -2.27. The largest absolute Gasteiger partial charge is 0.490 e. The molecule has 1 aromatic carbocycles. The van der Waals surface area contributed by atoms with Crippen LogP contribution in [0.2, 0.25) is 0 Å². The van der Waals surface area contributed by atoms with Gasteiger partial charge in [-0.15, -0.1) is 10.2 Å². The maximum Gasteiger partial charge on any atom is 0.269 e. The Balaban J connectivity index is 2.51. The zero-order valence-electron chi connectivity index (χ0n) is 11.6. The summed E-state index contributed by atoms with van der Waals surface area (Å²) in [6.07, 6.45) is -0.240. The average Bonchev–Trinajstić information content (AvgIpc) is 2.93. The van der Waals surface area contributed by atoms with E-state index in [0.29, 0.717) is 0 Å². The van der Waals surface area contributed by atoms with Crippen LogP contribution in [0.15, 0.2) is 28.6 Å². The second-order valence-corrected chi connectivity index (χ2v) is 7.20. The van der Waals surface area contributed by atoms with Crippen molar-refractivity contribution in [3.63, 3.8) is 0 Å². The van der Waals surface area contributed by atoms with Crippen LogP contribution in [-0.4, -0.2) is 31.8 Å². The van der Waals surface area contributed by atoms with Gasteiger partial charge in [0.15, 0.2) is 0 Å². The number of nitrogens with zero attached hydrogens (tertiary/aromatic N) is 3. The maximum absolute atomic E-state index is 13.5. The number of aromatic nitrogens is 2. The highest BCUT2D eigenvalue weighted by Gasteiger charge is 2.28. The summed E-state index contributed by atoms with van der Waals surface area (Å²) in [5.74, 6) is -0.557. The number of hydrogen-bond donors (Lipinski definition) is 0. The van der Waals surface area contributed by atoms with Gasteiger partial charge in [0, 0.05) is 7.05 Å². The topological polar surface area (TPSA) is 72.4 Å². The Morgan fingerprint density at radius 1 is 1.38 bits per heavy atom. The van der Waals surface area contributed by atoms with E-state index in [2.05, 4.69) is 10.2 Å². The third-order valence-corrected chi connectivity index (χ3v) is 5.18. The van der Waals surface area contributed by atoms with Crippen LogP contribution in [0.1, 0.15) is 13.8 Å². The molecule has 0 saturated carbocycles. The molecule has 0 spiro atoms. The molecule has 21 heavy (non-hydrogen) atoms. The van der Waals surface area contributed by atoms with Crippen LogP contribution < -0.4 is 9.04 Å². The molecule has 0 fully saturated rings. The van der Waals surface area contributed by atoms with Gasteiger partial charge in [0.25, 0.3) is 10.0 Å². The third-order valence-electron chi connectivity index (χ3n) is 2.52. The van der Waals surface area contributed by atoms with Gasteiger partial charge in [-0.05, 0) is 32.0 Å². The van der Waals surface area contributed by atoms with E-state index in [9.17, 15) is 12.8 Å². The minimum atomic E-state index is -3.98. The normalized spacial score (nSPS) is 11.7. The fourth-order valence-electron chi connectivity index (χ4n) is 1.59. The van der Waals surface area contributed by atoms with Crippen molar-refractivity contribution in [3.8, 4) is 5.75 Å². The van der Waals surface area contributed by atoms with Gasteiger partial charge in [0.1, 0.15) is 22.0 Å². The molecule has 0 radical (unpaired) electrons. The summed E-state index contributed by atoms with van der Waals surface area (Å²) in [6.45, 7) is 3.52. The number of benzene rings is 1. The van der Waals surface area contributed by atoms with Crippen LogP contribution in [0, 0.1) is 5.82 Å². The first-order chi connectivity index (χ1) is 9.82. The van der Waals surface area contributed by atoms with Gasteiger partial charge in [-0.2, -0.15) is 0 Å². The Morgan fingerprint density at radius 2 is 2.10 bits per heavy atom. The molecule has 0 aliphatic rings. The minimum Gasteiger partial charge on any atom is -0.490 e. The highest BCUT2D eigenvalue weighted by molar-refractivity contribution is 7.93. The first-order valence-electron chi connectivity index (χ1n) is 6.03. The molecule has 114 valence electrons. The van der Waals surface area contributed by atoms with Crippen LogP contribution in [0.4, 0.5) is 9.52 Å². The molecule has 0 aliphatic carbocycles. The first kappa shape index (κ1) is 15.6. The molecular formula is C12H14FN3O3S2. The Morgan fingerprint density at radius 3 is 2.67 bits per heavy atom. The van der Waals surface area contributed by atoms with Crippen LogP contribution in [0.3, 0.4) is 0 Å². The van der Waals surface area contributed by atoms with E-state index in [1.165, 1.54) is 18.6 Å². The molecule has 1 heterocycles. The number of anilines is 1. The summed E-state index contributed by atoms with van der Waals surface area (Å²) in [5.41, 5.74) is 1.42. The predicted octanol–water partition coefficient (Wildman–Crippen LogP) is 2.29. The molecule has 1 aromatic heterocycles. The molecular weight excluding hydrogens is 317 g/mol. The fraction of sp³-hybridized carbons (Fsp3) is 0.333. The second-order valence-electron chi connectivity index (χ2n) is 4.45. The summed E-state index contributed by atoms with van der Waals surface area (Å²) in [4.78, 5) is -0.242. The van der Waals surface area contributed by atoms with Crippen molar-refractivity contribution in [2.75, 3.05) is 11.4 Å². The van der Waals surface area contributed by atoms with Crippen molar-refractivity contribution in [3.05, 3.63) is 29.5 Å². The summed E-state index contributed by atoms with van der Waals surface area (Å²) < 4.78 is 45.1. The lowest BCUT2D eigenvalue weighted by atomic mass is 10.3. The van der Waals surface area contributed by atoms with Crippen molar-refractivity contribution >= 4 is 26.5 Å². The number of ether oxygens (including phenoxy) is 1. The van der Waals surface area contributed by atoms with Gasteiger partial charge in [-0.25, -0.2) is 17.1 Å². The summed E-state index contributed by atoms with van der Waals surface area (Å²) >= 11 is 1.07. The Hall–Kier alpha value is -1.74. The Kier molecular flexibility index (Phi) is 4.43. The zero-order chi connectivity index (χ0) is 15.6. The minimum absolute atomic E-state index is 0.0998. The summed E-state index contributed by atoms with van der Waals surface area (Å²) in [5, 5.41) is 7.49. The SMILES string of the molecule is CC(C)Oc1ccc(F)cc1S(=O)(=O)N(C)c1nncs1. The van der Waals surface area contributed by atoms with Crippen molar-refractivity contribution in [1.82, 2.24) is 10.2 Å². The third kappa shape index (κ3) is 3.30. The van der Waals surface area contributed by atoms with Gasteiger partial charge in [-0.1, -0.05) is 11.3 Å². The molecule has 9 heteroatoms. The average molecular weight is 331 g/mol. The second kappa shape index (κ2) is 5.94. The molecule has 0 unspecified atom stereocenters. The van der Waals surface area contributed by atoms with Gasteiger partial charge < -0.3 is 4.74 Å².